The third-order valence-corrected chi connectivity index (χ3v) is 3.51. The molecule has 20 heavy (non-hydrogen) atoms. The van der Waals surface area contributed by atoms with Gasteiger partial charge in [-0.25, -0.2) is 0 Å². The first-order valence-corrected chi connectivity index (χ1v) is 7.41. The highest BCUT2D eigenvalue weighted by Crippen LogP contribution is 2.21. The highest BCUT2D eigenvalue weighted by molar-refractivity contribution is 9.10. The molecule has 0 aliphatic heterocycles. The molecule has 1 atom stereocenters. The third-order valence-electron chi connectivity index (χ3n) is 2.98. The Kier molecular flexibility index (Phi) is 6.49. The Morgan fingerprint density at radius 3 is 2.45 bits per heavy atom. The molecule has 4 nitrogen and oxygen atoms in total. The van der Waals surface area contributed by atoms with Crippen LogP contribution in [0, 0.1) is 5.41 Å². The first-order chi connectivity index (χ1) is 9.32. The zero-order chi connectivity index (χ0) is 15.2. The highest BCUT2D eigenvalue weighted by atomic mass is 79.9. The number of carbonyl (C=O) groups is 1. The minimum absolute atomic E-state index is 0.0281. The summed E-state index contributed by atoms with van der Waals surface area (Å²) in [6, 6.07) is 7.24. The summed E-state index contributed by atoms with van der Waals surface area (Å²) in [6.07, 6.45) is 0.535. The Hall–Kier alpha value is -1.07. The van der Waals surface area contributed by atoms with E-state index >= 15 is 0 Å². The van der Waals surface area contributed by atoms with Crippen molar-refractivity contribution in [1.82, 2.24) is 5.32 Å². The molecule has 0 aromatic heterocycles. The Bertz CT molecular complexity index is 426. The van der Waals surface area contributed by atoms with Crippen LogP contribution < -0.4 is 10.1 Å². The second-order valence-corrected chi connectivity index (χ2v) is 6.66. The number of rotatable bonds is 6. The van der Waals surface area contributed by atoms with E-state index in [9.17, 15) is 4.79 Å². The average Bonchev–Trinajstić information content (AvgIpc) is 2.36. The lowest BCUT2D eigenvalue weighted by Gasteiger charge is -2.31. The molecule has 0 aliphatic carbocycles. The molecule has 112 valence electrons. The fraction of sp³-hybridized carbons (Fsp3) is 0.533. The molecule has 0 fully saturated rings. The second-order valence-electron chi connectivity index (χ2n) is 5.74. The zero-order valence-corrected chi connectivity index (χ0v) is 13.7. The van der Waals surface area contributed by atoms with Gasteiger partial charge in [0, 0.05) is 17.1 Å². The average molecular weight is 344 g/mol. The maximum absolute atomic E-state index is 11.9. The number of halogens is 1. The molecule has 0 radical (unpaired) electrons. The Balaban J connectivity index is 2.47. The first-order valence-electron chi connectivity index (χ1n) is 6.61. The van der Waals surface area contributed by atoms with Gasteiger partial charge in [-0.1, -0.05) is 36.7 Å². The number of hydrogen-bond acceptors (Lipinski definition) is 3. The molecule has 1 rings (SSSR count). The fourth-order valence-electron chi connectivity index (χ4n) is 1.77. The summed E-state index contributed by atoms with van der Waals surface area (Å²) in [5.41, 5.74) is -0.101. The van der Waals surface area contributed by atoms with Crippen LogP contribution in [0.1, 0.15) is 27.2 Å². The molecule has 0 bridgehead atoms. The van der Waals surface area contributed by atoms with Gasteiger partial charge in [0.05, 0.1) is 0 Å². The summed E-state index contributed by atoms with van der Waals surface area (Å²) < 4.78 is 6.38. The van der Waals surface area contributed by atoms with Crippen molar-refractivity contribution in [2.24, 2.45) is 5.41 Å². The summed E-state index contributed by atoms with van der Waals surface area (Å²) in [5, 5.41) is 12.0. The van der Waals surface area contributed by atoms with Crippen LogP contribution in [0.25, 0.3) is 0 Å². The van der Waals surface area contributed by atoms with Gasteiger partial charge in [0.1, 0.15) is 5.75 Å². The number of ether oxygens (including phenoxy) is 1. The van der Waals surface area contributed by atoms with Gasteiger partial charge in [-0.2, -0.15) is 0 Å². The number of carbonyl (C=O) groups excluding carboxylic acids is 1. The molecular weight excluding hydrogens is 322 g/mol. The van der Waals surface area contributed by atoms with Crippen molar-refractivity contribution in [1.29, 1.82) is 0 Å². The summed E-state index contributed by atoms with van der Waals surface area (Å²) in [6.45, 7) is 6.12. The SMILES string of the molecule is CC(C)(C)C(CCO)NC(=O)COc1ccc(Br)cc1. The van der Waals surface area contributed by atoms with Crippen LogP contribution >= 0.6 is 15.9 Å². The van der Waals surface area contributed by atoms with Crippen molar-refractivity contribution < 1.29 is 14.6 Å². The number of benzene rings is 1. The minimum atomic E-state index is -0.179. The van der Waals surface area contributed by atoms with Crippen LogP contribution in [0.4, 0.5) is 0 Å². The number of nitrogens with one attached hydrogen (secondary N) is 1. The molecular formula is C15H22BrNO3. The third kappa shape index (κ3) is 5.92. The summed E-state index contributed by atoms with van der Waals surface area (Å²) in [7, 11) is 0. The van der Waals surface area contributed by atoms with Gasteiger partial charge in [-0.15, -0.1) is 0 Å². The molecule has 1 aromatic rings. The summed E-state index contributed by atoms with van der Waals surface area (Å²) >= 11 is 3.34. The zero-order valence-electron chi connectivity index (χ0n) is 12.1. The quantitative estimate of drug-likeness (QED) is 0.834. The van der Waals surface area contributed by atoms with E-state index < -0.39 is 0 Å². The van der Waals surface area contributed by atoms with E-state index in [4.69, 9.17) is 9.84 Å². The number of aliphatic hydroxyl groups excluding tert-OH is 1. The molecule has 0 saturated carbocycles. The van der Waals surface area contributed by atoms with Gasteiger partial charge >= 0.3 is 0 Å². The molecule has 0 aliphatic rings. The predicted octanol–water partition coefficient (Wildman–Crippen LogP) is 2.74. The molecule has 1 amide bonds. The van der Waals surface area contributed by atoms with Gasteiger partial charge < -0.3 is 15.2 Å². The Labute approximate surface area is 128 Å². The van der Waals surface area contributed by atoms with E-state index in [2.05, 4.69) is 21.2 Å². The van der Waals surface area contributed by atoms with Gasteiger partial charge in [-0.3, -0.25) is 4.79 Å². The van der Waals surface area contributed by atoms with Crippen molar-refractivity contribution in [3.05, 3.63) is 28.7 Å². The lowest BCUT2D eigenvalue weighted by atomic mass is 9.85. The van der Waals surface area contributed by atoms with Crippen LogP contribution in [-0.4, -0.2) is 30.3 Å². The van der Waals surface area contributed by atoms with Crippen LogP contribution in [0.3, 0.4) is 0 Å². The molecule has 1 unspecified atom stereocenters. The lowest BCUT2D eigenvalue weighted by molar-refractivity contribution is -0.124. The van der Waals surface area contributed by atoms with Crippen LogP contribution in [0.15, 0.2) is 28.7 Å². The minimum Gasteiger partial charge on any atom is -0.484 e. The maximum Gasteiger partial charge on any atom is 0.258 e. The van der Waals surface area contributed by atoms with Crippen LogP contribution in [0.2, 0.25) is 0 Å². The number of hydrogen-bond donors (Lipinski definition) is 2. The topological polar surface area (TPSA) is 58.6 Å². The van der Waals surface area contributed by atoms with Gasteiger partial charge in [0.25, 0.3) is 5.91 Å². The molecule has 0 heterocycles. The predicted molar refractivity (Wildman–Crippen MR) is 82.7 cm³/mol. The summed E-state index contributed by atoms with van der Waals surface area (Å²) in [5.74, 6) is 0.471. The molecule has 5 heteroatoms. The molecule has 0 spiro atoms. The van der Waals surface area contributed by atoms with Crippen molar-refractivity contribution in [2.75, 3.05) is 13.2 Å². The van der Waals surface area contributed by atoms with Crippen molar-refractivity contribution in [2.45, 2.75) is 33.2 Å². The lowest BCUT2D eigenvalue weighted by Crippen LogP contribution is -2.46. The maximum atomic E-state index is 11.9. The van der Waals surface area contributed by atoms with E-state index in [1.165, 1.54) is 0 Å². The monoisotopic (exact) mass is 343 g/mol. The van der Waals surface area contributed by atoms with Crippen LogP contribution in [-0.2, 0) is 4.79 Å². The van der Waals surface area contributed by atoms with Gasteiger partial charge in [0.15, 0.2) is 6.61 Å². The smallest absolute Gasteiger partial charge is 0.258 e. The first kappa shape index (κ1) is 17.0. The fourth-order valence-corrected chi connectivity index (χ4v) is 2.03. The second kappa shape index (κ2) is 7.64. The van der Waals surface area contributed by atoms with Crippen LogP contribution in [0.5, 0.6) is 5.75 Å². The van der Waals surface area contributed by atoms with Crippen molar-refractivity contribution in [3.63, 3.8) is 0 Å². The highest BCUT2D eigenvalue weighted by Gasteiger charge is 2.25. The van der Waals surface area contributed by atoms with E-state index in [1.807, 2.05) is 32.9 Å². The summed E-state index contributed by atoms with van der Waals surface area (Å²) in [4.78, 5) is 11.9. The number of amides is 1. The van der Waals surface area contributed by atoms with E-state index in [0.717, 1.165) is 4.47 Å². The van der Waals surface area contributed by atoms with Crippen molar-refractivity contribution >= 4 is 21.8 Å². The Morgan fingerprint density at radius 1 is 1.35 bits per heavy atom. The molecule has 0 saturated heterocycles. The normalized spacial score (nSPS) is 12.8. The largest absolute Gasteiger partial charge is 0.484 e. The van der Waals surface area contributed by atoms with Crippen molar-refractivity contribution in [3.8, 4) is 5.75 Å². The Morgan fingerprint density at radius 2 is 1.95 bits per heavy atom. The standard InChI is InChI=1S/C15H22BrNO3/c1-15(2,3)13(8-9-18)17-14(19)10-20-12-6-4-11(16)5-7-12/h4-7,13,18H,8-10H2,1-3H3,(H,17,19). The van der Waals surface area contributed by atoms with Gasteiger partial charge in [0.2, 0.25) is 0 Å². The van der Waals surface area contributed by atoms with E-state index in [0.29, 0.717) is 12.2 Å². The van der Waals surface area contributed by atoms with E-state index in [-0.39, 0.29) is 30.6 Å². The van der Waals surface area contributed by atoms with E-state index in [1.54, 1.807) is 12.1 Å². The molecule has 2 N–H and O–H groups in total. The number of aliphatic hydroxyl groups is 1. The molecule has 1 aromatic carbocycles. The van der Waals surface area contributed by atoms with Gasteiger partial charge in [-0.05, 0) is 36.1 Å².